The Morgan fingerprint density at radius 1 is 1.20 bits per heavy atom. The first-order chi connectivity index (χ1) is 14.5. The topological polar surface area (TPSA) is 99.0 Å². The summed E-state index contributed by atoms with van der Waals surface area (Å²) >= 11 is 1.31. The summed E-state index contributed by atoms with van der Waals surface area (Å²) in [6, 6.07) is 11.2. The number of aromatic nitrogens is 4. The van der Waals surface area contributed by atoms with Crippen LogP contribution in [0.5, 0.6) is 0 Å². The molecule has 8 nitrogen and oxygen atoms in total. The number of carbonyl (C=O) groups is 2. The molecule has 0 aliphatic carbocycles. The summed E-state index contributed by atoms with van der Waals surface area (Å²) in [5.74, 6) is -1.06. The zero-order valence-electron chi connectivity index (χ0n) is 16.5. The van der Waals surface area contributed by atoms with Crippen LogP contribution in [0.2, 0.25) is 0 Å². The fourth-order valence-corrected chi connectivity index (χ4v) is 3.68. The fourth-order valence-electron chi connectivity index (χ4n) is 2.98. The standard InChI is InChI=1S/C21H19N5O3S/c1-3-26-19-16(10-22-26)15(9-17(24-19)14-7-5-4-6-8-14)20(28)29-11-18(27)25-21-23-13(2)12-30-21/h4-10,12H,3,11H2,1-2H3,(H,23,25,27). The van der Waals surface area contributed by atoms with E-state index in [0.29, 0.717) is 34.0 Å². The molecular formula is C21H19N5O3S. The van der Waals surface area contributed by atoms with Crippen LogP contribution in [0, 0.1) is 6.92 Å². The fraction of sp³-hybridized carbons (Fsp3) is 0.190. The first-order valence-corrected chi connectivity index (χ1v) is 10.2. The lowest BCUT2D eigenvalue weighted by Crippen LogP contribution is -2.21. The highest BCUT2D eigenvalue weighted by atomic mass is 32.1. The number of benzene rings is 1. The molecule has 0 spiro atoms. The lowest BCUT2D eigenvalue weighted by molar-refractivity contribution is -0.119. The van der Waals surface area contributed by atoms with Gasteiger partial charge in [-0.05, 0) is 19.9 Å². The van der Waals surface area contributed by atoms with E-state index in [4.69, 9.17) is 4.74 Å². The van der Waals surface area contributed by atoms with Crippen LogP contribution in [0.4, 0.5) is 5.13 Å². The van der Waals surface area contributed by atoms with E-state index in [0.717, 1.165) is 11.3 Å². The molecule has 0 atom stereocenters. The van der Waals surface area contributed by atoms with Gasteiger partial charge in [0, 0.05) is 17.5 Å². The van der Waals surface area contributed by atoms with Crippen molar-refractivity contribution in [2.45, 2.75) is 20.4 Å². The highest BCUT2D eigenvalue weighted by Crippen LogP contribution is 2.25. The van der Waals surface area contributed by atoms with E-state index in [9.17, 15) is 9.59 Å². The maximum absolute atomic E-state index is 12.8. The number of ether oxygens (including phenoxy) is 1. The Labute approximate surface area is 176 Å². The molecule has 4 aromatic rings. The first-order valence-electron chi connectivity index (χ1n) is 9.36. The average Bonchev–Trinajstić information content (AvgIpc) is 3.37. The van der Waals surface area contributed by atoms with Crippen LogP contribution in [-0.2, 0) is 16.1 Å². The number of thiazole rings is 1. The third-order valence-electron chi connectivity index (χ3n) is 4.40. The second-order valence-corrected chi connectivity index (χ2v) is 7.40. The van der Waals surface area contributed by atoms with Crippen LogP contribution in [0.15, 0.2) is 48.0 Å². The van der Waals surface area contributed by atoms with E-state index in [2.05, 4.69) is 20.4 Å². The van der Waals surface area contributed by atoms with Gasteiger partial charge in [0.25, 0.3) is 5.91 Å². The van der Waals surface area contributed by atoms with Crippen LogP contribution >= 0.6 is 11.3 Å². The number of amides is 1. The van der Waals surface area contributed by atoms with Gasteiger partial charge in [-0.25, -0.2) is 19.4 Å². The van der Waals surface area contributed by atoms with Gasteiger partial charge in [-0.3, -0.25) is 10.1 Å². The molecule has 3 heterocycles. The van der Waals surface area contributed by atoms with Gasteiger partial charge in [-0.2, -0.15) is 5.10 Å². The van der Waals surface area contributed by atoms with Gasteiger partial charge in [0.2, 0.25) is 0 Å². The van der Waals surface area contributed by atoms with Crippen molar-refractivity contribution in [3.63, 3.8) is 0 Å². The zero-order chi connectivity index (χ0) is 21.1. The largest absolute Gasteiger partial charge is 0.452 e. The predicted molar refractivity (Wildman–Crippen MR) is 114 cm³/mol. The maximum Gasteiger partial charge on any atom is 0.339 e. The molecule has 0 bridgehead atoms. The summed E-state index contributed by atoms with van der Waals surface area (Å²) in [4.78, 5) is 33.8. The lowest BCUT2D eigenvalue weighted by atomic mass is 10.1. The van der Waals surface area contributed by atoms with E-state index >= 15 is 0 Å². The van der Waals surface area contributed by atoms with Gasteiger partial charge < -0.3 is 4.74 Å². The number of esters is 1. The van der Waals surface area contributed by atoms with Crippen LogP contribution in [-0.4, -0.2) is 38.2 Å². The van der Waals surface area contributed by atoms with Crippen LogP contribution in [0.1, 0.15) is 23.0 Å². The smallest absolute Gasteiger partial charge is 0.339 e. The molecule has 3 aromatic heterocycles. The Balaban J connectivity index is 1.59. The van der Waals surface area contributed by atoms with Crippen molar-refractivity contribution in [1.82, 2.24) is 19.7 Å². The van der Waals surface area contributed by atoms with Crippen molar-refractivity contribution < 1.29 is 14.3 Å². The molecule has 0 saturated carbocycles. The van der Waals surface area contributed by atoms with Crippen molar-refractivity contribution >= 4 is 39.4 Å². The molecule has 4 rings (SSSR count). The van der Waals surface area contributed by atoms with Crippen LogP contribution in [0.3, 0.4) is 0 Å². The summed E-state index contributed by atoms with van der Waals surface area (Å²) < 4.78 is 6.99. The summed E-state index contributed by atoms with van der Waals surface area (Å²) in [6.07, 6.45) is 1.59. The molecule has 152 valence electrons. The van der Waals surface area contributed by atoms with Crippen LogP contribution in [0.25, 0.3) is 22.3 Å². The molecule has 0 aliphatic rings. The molecule has 0 fully saturated rings. The molecule has 1 aromatic carbocycles. The zero-order valence-corrected chi connectivity index (χ0v) is 17.3. The Bertz CT molecular complexity index is 1220. The van der Waals surface area contributed by atoms with Crippen molar-refractivity contribution in [2.24, 2.45) is 0 Å². The maximum atomic E-state index is 12.8. The van der Waals surface area contributed by atoms with Gasteiger partial charge >= 0.3 is 5.97 Å². The minimum Gasteiger partial charge on any atom is -0.452 e. The van der Waals surface area contributed by atoms with Gasteiger partial charge in [0.05, 0.1) is 28.5 Å². The molecule has 0 unspecified atom stereocenters. The Kier molecular flexibility index (Phi) is 5.53. The third kappa shape index (κ3) is 4.06. The van der Waals surface area contributed by atoms with E-state index in [1.165, 1.54) is 11.3 Å². The van der Waals surface area contributed by atoms with Crippen molar-refractivity contribution in [3.05, 3.63) is 59.2 Å². The molecule has 0 aliphatic heterocycles. The number of anilines is 1. The van der Waals surface area contributed by atoms with Crippen molar-refractivity contribution in [3.8, 4) is 11.3 Å². The predicted octanol–water partition coefficient (Wildman–Crippen LogP) is 3.68. The monoisotopic (exact) mass is 421 g/mol. The summed E-state index contributed by atoms with van der Waals surface area (Å²) in [5.41, 5.74) is 3.22. The highest BCUT2D eigenvalue weighted by Gasteiger charge is 2.19. The first kappa shape index (κ1) is 19.7. The van der Waals surface area contributed by atoms with E-state index < -0.39 is 18.5 Å². The number of nitrogens with zero attached hydrogens (tertiary/aromatic N) is 4. The quantitative estimate of drug-likeness (QED) is 0.477. The highest BCUT2D eigenvalue weighted by molar-refractivity contribution is 7.13. The number of fused-ring (bicyclic) bond motifs is 1. The van der Waals surface area contributed by atoms with Gasteiger partial charge in [-0.15, -0.1) is 11.3 Å². The summed E-state index contributed by atoms with van der Waals surface area (Å²) in [7, 11) is 0. The minimum absolute atomic E-state index is 0.316. The SMILES string of the molecule is CCn1ncc2c(C(=O)OCC(=O)Nc3nc(C)cs3)cc(-c3ccccc3)nc21. The Morgan fingerprint density at radius 2 is 2.00 bits per heavy atom. The third-order valence-corrected chi connectivity index (χ3v) is 5.27. The number of nitrogens with one attached hydrogen (secondary N) is 1. The van der Waals surface area contributed by atoms with E-state index in [-0.39, 0.29) is 0 Å². The minimum atomic E-state index is -0.610. The number of pyridine rings is 1. The lowest BCUT2D eigenvalue weighted by Gasteiger charge is -2.09. The van der Waals surface area contributed by atoms with Crippen LogP contribution < -0.4 is 5.32 Å². The second kappa shape index (κ2) is 8.42. The number of rotatable bonds is 6. The number of hydrogen-bond donors (Lipinski definition) is 1. The average molecular weight is 421 g/mol. The van der Waals surface area contributed by atoms with Gasteiger partial charge in [0.1, 0.15) is 0 Å². The number of carbonyl (C=O) groups excluding carboxylic acids is 2. The molecule has 1 N–H and O–H groups in total. The Hall–Kier alpha value is -3.59. The van der Waals surface area contributed by atoms with E-state index in [1.54, 1.807) is 16.9 Å². The summed E-state index contributed by atoms with van der Waals surface area (Å²) in [6.45, 7) is 3.98. The molecule has 0 saturated heterocycles. The number of aryl methyl sites for hydroxylation is 2. The van der Waals surface area contributed by atoms with Crippen molar-refractivity contribution in [1.29, 1.82) is 0 Å². The van der Waals surface area contributed by atoms with Gasteiger partial charge in [-0.1, -0.05) is 30.3 Å². The molecule has 30 heavy (non-hydrogen) atoms. The normalized spacial score (nSPS) is 10.9. The molecular weight excluding hydrogens is 402 g/mol. The molecule has 0 radical (unpaired) electrons. The Morgan fingerprint density at radius 3 is 2.70 bits per heavy atom. The van der Waals surface area contributed by atoms with Gasteiger partial charge in [0.15, 0.2) is 17.4 Å². The second-order valence-electron chi connectivity index (χ2n) is 6.54. The molecule has 9 heteroatoms. The number of hydrogen-bond acceptors (Lipinski definition) is 7. The van der Waals surface area contributed by atoms with E-state index in [1.807, 2.05) is 49.6 Å². The van der Waals surface area contributed by atoms with Crippen molar-refractivity contribution in [2.75, 3.05) is 11.9 Å². The molecule has 1 amide bonds. The summed E-state index contributed by atoms with van der Waals surface area (Å²) in [5, 5.41) is 9.80.